The van der Waals surface area contributed by atoms with Crippen molar-refractivity contribution < 1.29 is 26.0 Å². The molecule has 0 aliphatic carbocycles. The van der Waals surface area contributed by atoms with E-state index < -0.39 is 33.1 Å². The van der Waals surface area contributed by atoms with Gasteiger partial charge in [-0.25, -0.2) is 27.0 Å². The van der Waals surface area contributed by atoms with Crippen LogP contribution < -0.4 is 5.69 Å². The molecule has 3 aromatic heterocycles. The summed E-state index contributed by atoms with van der Waals surface area (Å²) in [6, 6.07) is 8.30. The van der Waals surface area contributed by atoms with Crippen LogP contribution in [0.25, 0.3) is 22.6 Å². The molecule has 0 atom stereocenters. The summed E-state index contributed by atoms with van der Waals surface area (Å²) in [7, 11) is -3.93. The Morgan fingerprint density at radius 1 is 1.03 bits per heavy atom. The standard InChI is InChI=1S/C20H14F4N4O3S/c1-2-32(30,31)16-9-13(12-3-6-15(21)7-4-12)10-25-18(16)28-19(29)27-11-14(20(22,23)24)5-8-17(27)26-28/h3-11H,2H2,1H3. The number of nitrogens with zero attached hydrogens (tertiary/aromatic N) is 4. The predicted octanol–water partition coefficient (Wildman–Crippen LogP) is 3.50. The first-order valence-electron chi connectivity index (χ1n) is 9.19. The van der Waals surface area contributed by atoms with E-state index >= 15 is 0 Å². The van der Waals surface area contributed by atoms with Crippen molar-refractivity contribution in [3.05, 3.63) is 76.7 Å². The van der Waals surface area contributed by atoms with Gasteiger partial charge in [-0.1, -0.05) is 19.1 Å². The number of pyridine rings is 2. The van der Waals surface area contributed by atoms with E-state index in [1.807, 2.05) is 0 Å². The zero-order valence-corrected chi connectivity index (χ0v) is 17.2. The number of hydrogen-bond acceptors (Lipinski definition) is 5. The number of alkyl halides is 3. The van der Waals surface area contributed by atoms with Crippen LogP contribution >= 0.6 is 0 Å². The van der Waals surface area contributed by atoms with Gasteiger partial charge in [-0.15, -0.1) is 5.10 Å². The molecular formula is C20H14F4N4O3S. The summed E-state index contributed by atoms with van der Waals surface area (Å²) < 4.78 is 79.1. The van der Waals surface area contributed by atoms with Gasteiger partial charge in [-0.05, 0) is 35.9 Å². The van der Waals surface area contributed by atoms with Crippen LogP contribution in [-0.2, 0) is 16.0 Å². The average molecular weight is 466 g/mol. The lowest BCUT2D eigenvalue weighted by Crippen LogP contribution is -2.23. The van der Waals surface area contributed by atoms with Crippen LogP contribution in [-0.4, -0.2) is 33.3 Å². The number of sulfone groups is 1. The van der Waals surface area contributed by atoms with E-state index in [9.17, 15) is 30.8 Å². The molecule has 0 radical (unpaired) electrons. The highest BCUT2D eigenvalue weighted by Crippen LogP contribution is 2.29. The molecule has 0 fully saturated rings. The summed E-state index contributed by atoms with van der Waals surface area (Å²) in [4.78, 5) is 16.5. The molecule has 0 amide bonds. The van der Waals surface area contributed by atoms with Crippen LogP contribution in [0.15, 0.2) is 64.5 Å². The largest absolute Gasteiger partial charge is 0.417 e. The number of benzene rings is 1. The molecule has 0 N–H and O–H groups in total. The summed E-state index contributed by atoms with van der Waals surface area (Å²) in [5, 5.41) is 3.95. The summed E-state index contributed by atoms with van der Waals surface area (Å²) in [5.41, 5.74) is -1.37. The molecule has 32 heavy (non-hydrogen) atoms. The highest BCUT2D eigenvalue weighted by Gasteiger charge is 2.31. The normalized spacial score (nSPS) is 12.4. The van der Waals surface area contributed by atoms with Gasteiger partial charge in [0.1, 0.15) is 10.7 Å². The molecule has 4 aromatic rings. The van der Waals surface area contributed by atoms with Crippen LogP contribution in [0.3, 0.4) is 0 Å². The van der Waals surface area contributed by atoms with Crippen molar-refractivity contribution in [2.45, 2.75) is 18.0 Å². The predicted molar refractivity (Wildman–Crippen MR) is 107 cm³/mol. The number of hydrogen-bond donors (Lipinski definition) is 0. The Kier molecular flexibility index (Phi) is 5.12. The van der Waals surface area contributed by atoms with Gasteiger partial charge in [0.05, 0.1) is 11.3 Å². The third-order valence-corrected chi connectivity index (χ3v) is 6.50. The lowest BCUT2D eigenvalue weighted by atomic mass is 10.1. The molecule has 12 heteroatoms. The Hall–Kier alpha value is -3.54. The zero-order chi connectivity index (χ0) is 23.3. The maximum atomic E-state index is 13.2. The van der Waals surface area contributed by atoms with Gasteiger partial charge < -0.3 is 0 Å². The Morgan fingerprint density at radius 3 is 2.34 bits per heavy atom. The molecule has 0 aliphatic heterocycles. The number of aromatic nitrogens is 4. The SMILES string of the molecule is CCS(=O)(=O)c1cc(-c2ccc(F)cc2)cnc1-n1nc2ccc(C(F)(F)F)cn2c1=O. The second-order valence-electron chi connectivity index (χ2n) is 6.79. The van der Waals surface area contributed by atoms with Gasteiger partial charge in [0.15, 0.2) is 21.3 Å². The molecule has 7 nitrogen and oxygen atoms in total. The molecular weight excluding hydrogens is 452 g/mol. The van der Waals surface area contributed by atoms with Crippen molar-refractivity contribution in [2.24, 2.45) is 0 Å². The molecule has 0 unspecified atom stereocenters. The molecule has 4 rings (SSSR count). The molecule has 0 saturated heterocycles. The number of fused-ring (bicyclic) bond motifs is 1. The van der Waals surface area contributed by atoms with E-state index in [1.54, 1.807) is 0 Å². The van der Waals surface area contributed by atoms with E-state index in [-0.39, 0.29) is 22.1 Å². The minimum Gasteiger partial charge on any atom is -0.249 e. The highest BCUT2D eigenvalue weighted by molar-refractivity contribution is 7.91. The highest BCUT2D eigenvalue weighted by atomic mass is 32.2. The Morgan fingerprint density at radius 2 is 1.72 bits per heavy atom. The maximum absolute atomic E-state index is 13.2. The van der Waals surface area contributed by atoms with E-state index in [4.69, 9.17) is 0 Å². The fourth-order valence-corrected chi connectivity index (χ4v) is 4.10. The van der Waals surface area contributed by atoms with Crippen molar-refractivity contribution in [1.82, 2.24) is 19.2 Å². The third-order valence-electron chi connectivity index (χ3n) is 4.77. The van der Waals surface area contributed by atoms with Crippen LogP contribution in [0.2, 0.25) is 0 Å². The van der Waals surface area contributed by atoms with Crippen molar-refractivity contribution in [2.75, 3.05) is 5.75 Å². The van der Waals surface area contributed by atoms with Gasteiger partial charge in [-0.2, -0.15) is 17.9 Å². The van der Waals surface area contributed by atoms with Gasteiger partial charge >= 0.3 is 11.9 Å². The second kappa shape index (κ2) is 7.55. The third kappa shape index (κ3) is 3.77. The lowest BCUT2D eigenvalue weighted by molar-refractivity contribution is -0.137. The molecule has 0 saturated carbocycles. The Bertz CT molecular complexity index is 1490. The molecule has 1 aromatic carbocycles. The first kappa shape index (κ1) is 21.7. The molecule has 0 bridgehead atoms. The first-order chi connectivity index (χ1) is 15.0. The fourth-order valence-electron chi connectivity index (χ4n) is 3.06. The fraction of sp³-hybridized carbons (Fsp3) is 0.150. The van der Waals surface area contributed by atoms with E-state index in [0.29, 0.717) is 26.4 Å². The van der Waals surface area contributed by atoms with Crippen molar-refractivity contribution in [1.29, 1.82) is 0 Å². The molecule has 0 spiro atoms. The van der Waals surface area contributed by atoms with Crippen LogP contribution in [0.4, 0.5) is 17.6 Å². The molecule has 0 aliphatic rings. The van der Waals surface area contributed by atoms with Crippen LogP contribution in [0.5, 0.6) is 0 Å². The molecule has 3 heterocycles. The monoisotopic (exact) mass is 466 g/mol. The van der Waals surface area contributed by atoms with Crippen molar-refractivity contribution in [3.8, 4) is 16.9 Å². The minimum absolute atomic E-state index is 0.118. The quantitative estimate of drug-likeness (QED) is 0.430. The van der Waals surface area contributed by atoms with Crippen molar-refractivity contribution >= 4 is 15.5 Å². The second-order valence-corrected chi connectivity index (χ2v) is 9.04. The van der Waals surface area contributed by atoms with E-state index in [1.165, 1.54) is 43.5 Å². The number of rotatable bonds is 4. The van der Waals surface area contributed by atoms with Crippen LogP contribution in [0, 0.1) is 5.82 Å². The summed E-state index contributed by atoms with van der Waals surface area (Å²) >= 11 is 0. The van der Waals surface area contributed by atoms with E-state index in [2.05, 4.69) is 10.1 Å². The summed E-state index contributed by atoms with van der Waals surface area (Å²) in [6.45, 7) is 1.39. The maximum Gasteiger partial charge on any atom is 0.417 e. The van der Waals surface area contributed by atoms with Gasteiger partial charge in [0.25, 0.3) is 0 Å². The lowest BCUT2D eigenvalue weighted by Gasteiger charge is -2.10. The number of halogens is 4. The van der Waals surface area contributed by atoms with Crippen molar-refractivity contribution in [3.63, 3.8) is 0 Å². The average Bonchev–Trinajstić information content (AvgIpc) is 3.09. The summed E-state index contributed by atoms with van der Waals surface area (Å²) in [6.07, 6.45) is -2.82. The first-order valence-corrected chi connectivity index (χ1v) is 10.8. The van der Waals surface area contributed by atoms with Gasteiger partial charge in [0.2, 0.25) is 0 Å². The minimum atomic E-state index is -4.68. The summed E-state index contributed by atoms with van der Waals surface area (Å²) in [5.74, 6) is -1.15. The zero-order valence-electron chi connectivity index (χ0n) is 16.3. The Balaban J connectivity index is 1.95. The smallest absolute Gasteiger partial charge is 0.249 e. The molecule has 166 valence electrons. The topological polar surface area (TPSA) is 86.3 Å². The Labute approximate surface area is 178 Å². The van der Waals surface area contributed by atoms with Gasteiger partial charge in [0, 0.05) is 18.0 Å². The van der Waals surface area contributed by atoms with E-state index in [0.717, 1.165) is 12.1 Å². The van der Waals surface area contributed by atoms with Gasteiger partial charge in [-0.3, -0.25) is 0 Å². The van der Waals surface area contributed by atoms with Crippen LogP contribution in [0.1, 0.15) is 12.5 Å².